The van der Waals surface area contributed by atoms with Gasteiger partial charge in [0.1, 0.15) is 0 Å². The average molecular weight is 414 g/mol. The molecule has 1 aliphatic heterocycles. The smallest absolute Gasteiger partial charge is 0.185 e. The highest BCUT2D eigenvalue weighted by molar-refractivity contribution is 8.93. The zero-order valence-electron chi connectivity index (χ0n) is 15.1. The molecule has 5 heteroatoms. The molecule has 2 aliphatic carbocycles. The van der Waals surface area contributed by atoms with Crippen LogP contribution >= 0.6 is 28.3 Å². The number of nitrogens with one attached hydrogen (secondary N) is 1. The SMILES string of the molecule is Br.CC1(C)CCCC2CC(c3csc(N4CCNCC4)n3)CCC21. The first-order valence-corrected chi connectivity index (χ1v) is 10.4. The summed E-state index contributed by atoms with van der Waals surface area (Å²) in [4.78, 5) is 7.51. The van der Waals surface area contributed by atoms with E-state index in [1.807, 2.05) is 11.3 Å². The minimum absolute atomic E-state index is 0. The maximum Gasteiger partial charge on any atom is 0.185 e. The molecule has 3 aliphatic rings. The second-order valence-electron chi connectivity index (χ2n) is 8.55. The number of halogens is 1. The van der Waals surface area contributed by atoms with E-state index < -0.39 is 0 Å². The molecule has 1 aromatic heterocycles. The van der Waals surface area contributed by atoms with Gasteiger partial charge < -0.3 is 10.2 Å². The maximum atomic E-state index is 5.05. The normalized spacial score (nSPS) is 32.8. The molecule has 2 heterocycles. The molecule has 3 nitrogen and oxygen atoms in total. The number of nitrogens with zero attached hydrogens (tertiary/aromatic N) is 2. The summed E-state index contributed by atoms with van der Waals surface area (Å²) in [6, 6.07) is 0. The number of piperazine rings is 1. The number of thiazole rings is 1. The highest BCUT2D eigenvalue weighted by Crippen LogP contribution is 2.53. The Labute approximate surface area is 161 Å². The largest absolute Gasteiger partial charge is 0.346 e. The number of aromatic nitrogens is 1. The van der Waals surface area contributed by atoms with Gasteiger partial charge in [-0.1, -0.05) is 26.7 Å². The molecule has 4 rings (SSSR count). The van der Waals surface area contributed by atoms with Crippen molar-refractivity contribution in [3.63, 3.8) is 0 Å². The van der Waals surface area contributed by atoms with Gasteiger partial charge in [0.15, 0.2) is 5.13 Å². The third-order valence-corrected chi connectivity index (χ3v) is 7.62. The molecule has 136 valence electrons. The molecule has 0 spiro atoms. The summed E-state index contributed by atoms with van der Waals surface area (Å²) in [5.41, 5.74) is 1.97. The van der Waals surface area contributed by atoms with Gasteiger partial charge in [-0.05, 0) is 42.9 Å². The first kappa shape index (κ1) is 18.7. The van der Waals surface area contributed by atoms with Gasteiger partial charge in [-0.25, -0.2) is 4.98 Å². The molecule has 0 aromatic carbocycles. The Balaban J connectivity index is 0.00000169. The third-order valence-electron chi connectivity index (χ3n) is 6.70. The molecular weight excluding hydrogens is 382 g/mol. The Bertz CT molecular complexity index is 538. The summed E-state index contributed by atoms with van der Waals surface area (Å²) < 4.78 is 0. The molecule has 1 saturated heterocycles. The molecule has 1 N–H and O–H groups in total. The molecule has 1 aromatic rings. The molecule has 3 atom stereocenters. The van der Waals surface area contributed by atoms with Gasteiger partial charge in [0, 0.05) is 37.5 Å². The Morgan fingerprint density at radius 2 is 2.00 bits per heavy atom. The van der Waals surface area contributed by atoms with Gasteiger partial charge in [-0.15, -0.1) is 28.3 Å². The van der Waals surface area contributed by atoms with Gasteiger partial charge in [-0.2, -0.15) is 0 Å². The standard InChI is InChI=1S/C19H31N3S.BrH/c1-19(2)7-3-4-14-12-15(5-6-16(14)19)17-13-23-18(21-17)22-10-8-20-9-11-22;/h13-16,20H,3-12H2,1-2H3;1H. The summed E-state index contributed by atoms with van der Waals surface area (Å²) in [6.45, 7) is 9.42. The van der Waals surface area contributed by atoms with Crippen molar-refractivity contribution >= 4 is 33.4 Å². The lowest BCUT2D eigenvalue weighted by Gasteiger charge is -2.48. The number of fused-ring (bicyclic) bond motifs is 1. The summed E-state index contributed by atoms with van der Waals surface area (Å²) in [5, 5.41) is 7.04. The Morgan fingerprint density at radius 1 is 1.21 bits per heavy atom. The topological polar surface area (TPSA) is 28.2 Å². The number of hydrogen-bond acceptors (Lipinski definition) is 4. The molecule has 2 saturated carbocycles. The fraction of sp³-hybridized carbons (Fsp3) is 0.842. The van der Waals surface area contributed by atoms with Crippen molar-refractivity contribution in [2.24, 2.45) is 17.3 Å². The Kier molecular flexibility index (Phi) is 5.93. The molecule has 0 bridgehead atoms. The van der Waals surface area contributed by atoms with E-state index in [4.69, 9.17) is 4.98 Å². The summed E-state index contributed by atoms with van der Waals surface area (Å²) >= 11 is 1.87. The van der Waals surface area contributed by atoms with Crippen LogP contribution in [0.3, 0.4) is 0 Å². The van der Waals surface area contributed by atoms with E-state index >= 15 is 0 Å². The molecule has 0 radical (unpaired) electrons. The van der Waals surface area contributed by atoms with Gasteiger partial charge in [-0.3, -0.25) is 0 Å². The van der Waals surface area contributed by atoms with Crippen LogP contribution < -0.4 is 10.2 Å². The van der Waals surface area contributed by atoms with Crippen LogP contribution in [0.5, 0.6) is 0 Å². The van der Waals surface area contributed by atoms with E-state index in [-0.39, 0.29) is 17.0 Å². The highest BCUT2D eigenvalue weighted by atomic mass is 79.9. The van der Waals surface area contributed by atoms with Crippen LogP contribution in [0, 0.1) is 17.3 Å². The van der Waals surface area contributed by atoms with Gasteiger partial charge in [0.25, 0.3) is 0 Å². The van der Waals surface area contributed by atoms with Gasteiger partial charge >= 0.3 is 0 Å². The van der Waals surface area contributed by atoms with Crippen LogP contribution in [0.1, 0.15) is 64.0 Å². The van der Waals surface area contributed by atoms with Crippen molar-refractivity contribution in [1.82, 2.24) is 10.3 Å². The summed E-state index contributed by atoms with van der Waals surface area (Å²) in [6.07, 6.45) is 8.49. The van der Waals surface area contributed by atoms with Crippen LogP contribution in [0.25, 0.3) is 0 Å². The predicted octanol–water partition coefficient (Wildman–Crippen LogP) is 4.84. The van der Waals surface area contributed by atoms with Gasteiger partial charge in [0.2, 0.25) is 0 Å². The van der Waals surface area contributed by atoms with Crippen LogP contribution in [0.2, 0.25) is 0 Å². The van der Waals surface area contributed by atoms with Crippen molar-refractivity contribution in [2.75, 3.05) is 31.1 Å². The molecule has 24 heavy (non-hydrogen) atoms. The number of hydrogen-bond donors (Lipinski definition) is 1. The fourth-order valence-corrected chi connectivity index (χ4v) is 6.31. The molecular formula is C19H32BrN3S. The predicted molar refractivity (Wildman–Crippen MR) is 109 cm³/mol. The van der Waals surface area contributed by atoms with Crippen LogP contribution in [0.4, 0.5) is 5.13 Å². The molecule has 0 amide bonds. The zero-order valence-corrected chi connectivity index (χ0v) is 17.6. The van der Waals surface area contributed by atoms with Crippen molar-refractivity contribution in [2.45, 2.75) is 58.3 Å². The van der Waals surface area contributed by atoms with Gasteiger partial charge in [0.05, 0.1) is 5.69 Å². The molecule has 3 fully saturated rings. The second-order valence-corrected chi connectivity index (χ2v) is 9.39. The lowest BCUT2D eigenvalue weighted by molar-refractivity contribution is 0.0327. The number of anilines is 1. The average Bonchev–Trinajstić information content (AvgIpc) is 3.05. The van der Waals surface area contributed by atoms with Crippen LogP contribution in [-0.2, 0) is 0 Å². The van der Waals surface area contributed by atoms with E-state index in [2.05, 4.69) is 29.4 Å². The van der Waals surface area contributed by atoms with E-state index in [1.54, 1.807) is 0 Å². The molecule has 3 unspecified atom stereocenters. The first-order valence-electron chi connectivity index (χ1n) is 9.54. The quantitative estimate of drug-likeness (QED) is 0.751. The third kappa shape index (κ3) is 3.68. The van der Waals surface area contributed by atoms with Crippen molar-refractivity contribution in [3.8, 4) is 0 Å². The van der Waals surface area contributed by atoms with E-state index in [9.17, 15) is 0 Å². The highest BCUT2D eigenvalue weighted by Gasteiger charge is 2.42. The first-order chi connectivity index (χ1) is 11.1. The maximum absolute atomic E-state index is 5.05. The van der Waals surface area contributed by atoms with E-state index in [1.165, 1.54) is 49.4 Å². The minimum Gasteiger partial charge on any atom is -0.346 e. The number of rotatable bonds is 2. The van der Waals surface area contributed by atoms with E-state index in [0.29, 0.717) is 5.41 Å². The Morgan fingerprint density at radius 3 is 2.79 bits per heavy atom. The van der Waals surface area contributed by atoms with Crippen molar-refractivity contribution < 1.29 is 0 Å². The summed E-state index contributed by atoms with van der Waals surface area (Å²) in [7, 11) is 0. The van der Waals surface area contributed by atoms with Crippen molar-refractivity contribution in [3.05, 3.63) is 11.1 Å². The minimum atomic E-state index is 0. The van der Waals surface area contributed by atoms with Crippen LogP contribution in [0.15, 0.2) is 5.38 Å². The fourth-order valence-electron chi connectivity index (χ4n) is 5.35. The second kappa shape index (κ2) is 7.63. The lowest BCUT2D eigenvalue weighted by Crippen LogP contribution is -2.43. The van der Waals surface area contributed by atoms with Crippen molar-refractivity contribution in [1.29, 1.82) is 0 Å². The summed E-state index contributed by atoms with van der Waals surface area (Å²) in [5.74, 6) is 2.62. The monoisotopic (exact) mass is 413 g/mol. The lowest BCUT2D eigenvalue weighted by atomic mass is 9.57. The van der Waals surface area contributed by atoms with E-state index in [0.717, 1.165) is 43.9 Å². The van der Waals surface area contributed by atoms with Crippen LogP contribution in [-0.4, -0.2) is 31.2 Å². The Hall–Kier alpha value is -0.130. The zero-order chi connectivity index (χ0) is 15.9.